The van der Waals surface area contributed by atoms with Gasteiger partial charge in [-0.05, 0) is 0 Å². The van der Waals surface area contributed by atoms with Crippen molar-refractivity contribution in [3.63, 3.8) is 0 Å². The largest absolute Gasteiger partial charge is 0.490 e. The molecule has 174 valence electrons. The van der Waals surface area contributed by atoms with Gasteiger partial charge >= 0.3 is 29.2 Å². The van der Waals surface area contributed by atoms with Gasteiger partial charge in [0.15, 0.2) is 6.23 Å². The van der Waals surface area contributed by atoms with E-state index in [2.05, 4.69) is 18.1 Å². The van der Waals surface area contributed by atoms with Crippen molar-refractivity contribution in [2.45, 2.75) is 24.5 Å². The Hall–Kier alpha value is -1.54. The van der Waals surface area contributed by atoms with Crippen molar-refractivity contribution in [1.29, 1.82) is 5.26 Å². The van der Waals surface area contributed by atoms with Crippen molar-refractivity contribution >= 4 is 29.3 Å². The lowest BCUT2D eigenvalue weighted by Gasteiger charge is -2.19. The molecule has 8 N–H and O–H groups in total. The highest BCUT2D eigenvalue weighted by atomic mass is 31.3. The molecule has 2 unspecified atom stereocenters. The van der Waals surface area contributed by atoms with Crippen LogP contribution in [0.5, 0.6) is 0 Å². The van der Waals surface area contributed by atoms with E-state index in [1.165, 1.54) is 0 Å². The van der Waals surface area contributed by atoms with Crippen molar-refractivity contribution in [1.82, 2.24) is 9.55 Å². The van der Waals surface area contributed by atoms with Crippen LogP contribution in [-0.4, -0.2) is 64.3 Å². The maximum Gasteiger partial charge on any atom is 0.490 e. The Kier molecular flexibility index (Phi) is 7.58. The number of aliphatic hydroxyl groups is 2. The Labute approximate surface area is 171 Å². The number of phosphoric ester groups is 1. The Balaban J connectivity index is 2.12. The minimum Gasteiger partial charge on any atom is -0.387 e. The Morgan fingerprint density at radius 2 is 1.77 bits per heavy atom. The summed E-state index contributed by atoms with van der Waals surface area (Å²) in [5, 5.41) is 29.1. The number of phosphoric acid groups is 3. The number of anilines is 1. The number of ether oxygens (including phenoxy) is 1. The maximum atomic E-state index is 12.0. The van der Waals surface area contributed by atoms with Crippen LogP contribution < -0.4 is 11.4 Å². The van der Waals surface area contributed by atoms with E-state index in [0.717, 1.165) is 6.20 Å². The zero-order chi connectivity index (χ0) is 23.8. The van der Waals surface area contributed by atoms with Gasteiger partial charge in [0.1, 0.15) is 35.8 Å². The Bertz CT molecular complexity index is 1080. The van der Waals surface area contributed by atoms with Gasteiger partial charge in [0.25, 0.3) is 0 Å². The van der Waals surface area contributed by atoms with E-state index >= 15 is 0 Å². The van der Waals surface area contributed by atoms with Crippen LogP contribution >= 0.6 is 23.5 Å². The van der Waals surface area contributed by atoms with E-state index in [0.29, 0.717) is 4.57 Å². The molecule has 0 aliphatic carbocycles. The average Bonchev–Trinajstić information content (AvgIpc) is 2.85. The first-order chi connectivity index (χ1) is 14.1. The fraction of sp³-hybridized carbons (Fsp3) is 0.500. The van der Waals surface area contributed by atoms with Gasteiger partial charge in [0.2, 0.25) is 0 Å². The number of nitrogens with zero attached hydrogens (tertiary/aromatic N) is 3. The van der Waals surface area contributed by atoms with E-state index in [4.69, 9.17) is 30.4 Å². The second kappa shape index (κ2) is 9.14. The fourth-order valence-corrected chi connectivity index (χ4v) is 5.35. The van der Waals surface area contributed by atoms with E-state index in [-0.39, 0.29) is 5.56 Å². The molecular formula is C10H15N4O14P3. The summed E-state index contributed by atoms with van der Waals surface area (Å²) in [5.74, 6) is -0.402. The van der Waals surface area contributed by atoms with Gasteiger partial charge in [-0.1, -0.05) is 0 Å². The maximum absolute atomic E-state index is 12.0. The highest BCUT2D eigenvalue weighted by Gasteiger charge is 2.46. The van der Waals surface area contributed by atoms with E-state index in [9.17, 15) is 33.6 Å². The van der Waals surface area contributed by atoms with E-state index in [1.807, 2.05) is 0 Å². The average molecular weight is 508 g/mol. The number of aliphatic hydroxyl groups excluding tert-OH is 2. The fourth-order valence-electron chi connectivity index (χ4n) is 2.32. The lowest BCUT2D eigenvalue weighted by atomic mass is 10.1. The molecule has 1 aliphatic rings. The van der Waals surface area contributed by atoms with Crippen LogP contribution in [0.1, 0.15) is 11.8 Å². The highest BCUT2D eigenvalue weighted by Crippen LogP contribution is 2.66. The number of nitrogen functional groups attached to an aromatic ring is 1. The monoisotopic (exact) mass is 508 g/mol. The minimum absolute atomic E-state index is 0.262. The number of aromatic nitrogens is 2. The molecule has 0 spiro atoms. The molecule has 31 heavy (non-hydrogen) atoms. The van der Waals surface area contributed by atoms with Crippen molar-refractivity contribution < 1.29 is 61.4 Å². The lowest BCUT2D eigenvalue weighted by Crippen LogP contribution is -2.36. The van der Waals surface area contributed by atoms with Crippen LogP contribution in [0.15, 0.2) is 11.0 Å². The van der Waals surface area contributed by atoms with Crippen molar-refractivity contribution in [2.24, 2.45) is 0 Å². The second-order valence-corrected chi connectivity index (χ2v) is 10.2. The summed E-state index contributed by atoms with van der Waals surface area (Å²) >= 11 is 0. The SMILES string of the molecule is N#Cc1cn([C@@H]2O[C@H](COP(=O)(O)OP(=O)(O)OP(=O)(O)O)[C@@H](O)[C@H]2O)c(=O)nc1N. The molecule has 21 heteroatoms. The van der Waals surface area contributed by atoms with Crippen LogP contribution in [0.25, 0.3) is 0 Å². The van der Waals surface area contributed by atoms with Crippen LogP contribution in [0.4, 0.5) is 5.82 Å². The first kappa shape index (κ1) is 25.7. The topological polar surface area (TPSA) is 294 Å². The van der Waals surface area contributed by atoms with E-state index in [1.54, 1.807) is 6.07 Å². The van der Waals surface area contributed by atoms with Gasteiger partial charge < -0.3 is 40.3 Å². The molecule has 0 saturated carbocycles. The van der Waals surface area contributed by atoms with Crippen LogP contribution in [0.2, 0.25) is 0 Å². The van der Waals surface area contributed by atoms with Gasteiger partial charge in [-0.25, -0.2) is 18.5 Å². The third-order valence-electron chi connectivity index (χ3n) is 3.53. The summed E-state index contributed by atoms with van der Waals surface area (Å²) in [6, 6.07) is 1.63. The predicted molar refractivity (Wildman–Crippen MR) is 93.4 cm³/mol. The highest BCUT2D eigenvalue weighted by molar-refractivity contribution is 7.66. The molecule has 1 saturated heterocycles. The summed E-state index contributed by atoms with van der Waals surface area (Å²) in [4.78, 5) is 50.7. The molecule has 1 aromatic heterocycles. The number of rotatable bonds is 8. The standard InChI is InChI=1S/C10H15N4O14P3/c11-1-4-2-14(10(17)13-8(4)12)9-7(16)6(15)5(26-9)3-25-30(21,22)28-31(23,24)27-29(18,19)20/h2,5-7,9,15-16H,3H2,(H,21,22)(H,23,24)(H2,12,13,17)(H2,18,19,20)/t5-,6-,7-,9-/m1/s1. The van der Waals surface area contributed by atoms with Crippen molar-refractivity contribution in [3.8, 4) is 6.07 Å². The number of nitrogens with two attached hydrogens (primary N) is 1. The van der Waals surface area contributed by atoms with Gasteiger partial charge in [-0.15, -0.1) is 0 Å². The molecule has 0 radical (unpaired) electrons. The number of hydrogen-bond acceptors (Lipinski definition) is 13. The van der Waals surface area contributed by atoms with E-state index < -0.39 is 66.1 Å². The first-order valence-corrected chi connectivity index (χ1v) is 12.2. The van der Waals surface area contributed by atoms with Crippen molar-refractivity contribution in [2.75, 3.05) is 12.3 Å². The molecule has 1 fully saturated rings. The zero-order valence-corrected chi connectivity index (χ0v) is 17.5. The third kappa shape index (κ3) is 6.72. The number of hydrogen-bond donors (Lipinski definition) is 7. The van der Waals surface area contributed by atoms with Gasteiger partial charge in [0, 0.05) is 6.20 Å². The molecule has 0 bridgehead atoms. The van der Waals surface area contributed by atoms with Gasteiger partial charge in [-0.3, -0.25) is 9.09 Å². The molecule has 0 amide bonds. The molecule has 2 heterocycles. The summed E-state index contributed by atoms with van der Waals surface area (Å²) < 4.78 is 50.7. The van der Waals surface area contributed by atoms with Gasteiger partial charge in [-0.2, -0.15) is 18.9 Å². The summed E-state index contributed by atoms with van der Waals surface area (Å²) in [6.07, 6.45) is -6.05. The summed E-state index contributed by atoms with van der Waals surface area (Å²) in [5.41, 5.74) is 4.05. The van der Waals surface area contributed by atoms with Crippen molar-refractivity contribution in [3.05, 3.63) is 22.2 Å². The third-order valence-corrected chi connectivity index (χ3v) is 7.33. The first-order valence-electron chi connectivity index (χ1n) is 7.64. The Morgan fingerprint density at radius 1 is 1.16 bits per heavy atom. The van der Waals surface area contributed by atoms with Gasteiger partial charge in [0.05, 0.1) is 6.61 Å². The molecule has 1 aliphatic heterocycles. The molecule has 18 nitrogen and oxygen atoms in total. The number of nitriles is 1. The summed E-state index contributed by atoms with van der Waals surface area (Å²) in [6.45, 7) is -1.08. The lowest BCUT2D eigenvalue weighted by molar-refractivity contribution is -0.0541. The molecule has 1 aromatic rings. The zero-order valence-electron chi connectivity index (χ0n) is 14.8. The van der Waals surface area contributed by atoms with Crippen LogP contribution in [0, 0.1) is 11.3 Å². The molecule has 6 atom stereocenters. The normalized spacial score (nSPS) is 27.9. The molecule has 0 aromatic carbocycles. The van der Waals surface area contributed by atoms with Crippen LogP contribution in [0.3, 0.4) is 0 Å². The second-order valence-electron chi connectivity index (χ2n) is 5.77. The predicted octanol–water partition coefficient (Wildman–Crippen LogP) is -2.34. The minimum atomic E-state index is -5.75. The van der Waals surface area contributed by atoms with Crippen LogP contribution in [-0.2, 0) is 31.6 Å². The summed E-state index contributed by atoms with van der Waals surface area (Å²) in [7, 11) is -16.9. The smallest absolute Gasteiger partial charge is 0.387 e. The molecule has 2 rings (SSSR count). The quantitative estimate of drug-likeness (QED) is 0.181. The molecular weight excluding hydrogens is 493 g/mol. The Morgan fingerprint density at radius 3 is 2.32 bits per heavy atom.